The second-order valence-electron chi connectivity index (χ2n) is 8.46. The van der Waals surface area contributed by atoms with E-state index in [1.165, 1.54) is 15.9 Å². The fourth-order valence-corrected chi connectivity index (χ4v) is 5.57. The number of hydrogen-bond acceptors (Lipinski definition) is 7. The maximum Gasteiger partial charge on any atom is 0.291 e. The van der Waals surface area contributed by atoms with Gasteiger partial charge in [-0.2, -0.15) is 14.6 Å². The largest absolute Gasteiger partial charge is 0.494 e. The number of aromatic nitrogens is 5. The van der Waals surface area contributed by atoms with Crippen molar-refractivity contribution in [2.45, 2.75) is 19.8 Å². The Morgan fingerprint density at radius 3 is 2.57 bits per heavy atom. The molecule has 4 aromatic heterocycles. The van der Waals surface area contributed by atoms with Gasteiger partial charge in [0.25, 0.3) is 5.56 Å². The highest BCUT2D eigenvalue weighted by molar-refractivity contribution is 7.15. The first-order valence-electron chi connectivity index (χ1n) is 12.0. The third-order valence-corrected chi connectivity index (χ3v) is 7.70. The van der Waals surface area contributed by atoms with E-state index in [0.717, 1.165) is 46.0 Å². The standard InChI is InChI=1S/C28H23N5O2S2/c1-2-3-15-35-22-13-11-19(12-14-22)26-29-28-33(31-26)27(34)24(37-28)17-20-18-32(21-8-5-4-6-9-21)30-25(20)23-10-7-16-36-23/h4-14,16-18H,2-3,15H2,1H3/b24-17-. The summed E-state index contributed by atoms with van der Waals surface area (Å²) in [6.45, 7) is 2.84. The summed E-state index contributed by atoms with van der Waals surface area (Å²) in [6.07, 6.45) is 5.95. The number of benzene rings is 2. The molecular formula is C28H23N5O2S2. The minimum absolute atomic E-state index is 0.192. The highest BCUT2D eigenvalue weighted by Gasteiger charge is 2.15. The van der Waals surface area contributed by atoms with Crippen molar-refractivity contribution >= 4 is 33.7 Å². The van der Waals surface area contributed by atoms with Gasteiger partial charge in [-0.1, -0.05) is 48.9 Å². The Morgan fingerprint density at radius 1 is 1.00 bits per heavy atom. The minimum atomic E-state index is -0.192. The van der Waals surface area contributed by atoms with Crippen LogP contribution in [0.5, 0.6) is 5.75 Å². The lowest BCUT2D eigenvalue weighted by Gasteiger charge is -2.05. The molecule has 0 radical (unpaired) electrons. The van der Waals surface area contributed by atoms with Crippen LogP contribution in [0, 0.1) is 0 Å². The van der Waals surface area contributed by atoms with Gasteiger partial charge in [0, 0.05) is 17.3 Å². The lowest BCUT2D eigenvalue weighted by molar-refractivity contribution is 0.309. The fourth-order valence-electron chi connectivity index (χ4n) is 3.94. The Bertz CT molecular complexity index is 1750. The van der Waals surface area contributed by atoms with Gasteiger partial charge in [-0.15, -0.1) is 16.4 Å². The van der Waals surface area contributed by atoms with Crippen LogP contribution in [0.4, 0.5) is 0 Å². The summed E-state index contributed by atoms with van der Waals surface area (Å²) in [6, 6.07) is 21.6. The van der Waals surface area contributed by atoms with Gasteiger partial charge in [-0.25, -0.2) is 4.68 Å². The number of para-hydroxylation sites is 1. The van der Waals surface area contributed by atoms with E-state index in [9.17, 15) is 4.79 Å². The molecule has 0 fully saturated rings. The van der Waals surface area contributed by atoms with Crippen molar-refractivity contribution in [3.63, 3.8) is 0 Å². The van der Waals surface area contributed by atoms with Crippen molar-refractivity contribution in [2.24, 2.45) is 0 Å². The van der Waals surface area contributed by atoms with Crippen LogP contribution in [0.15, 0.2) is 83.1 Å². The van der Waals surface area contributed by atoms with Crippen LogP contribution in [-0.4, -0.2) is 31.0 Å². The number of thiophene rings is 1. The van der Waals surface area contributed by atoms with Crippen LogP contribution in [0.2, 0.25) is 0 Å². The number of fused-ring (bicyclic) bond motifs is 1. The molecule has 0 N–H and O–H groups in total. The highest BCUT2D eigenvalue weighted by Crippen LogP contribution is 2.28. The van der Waals surface area contributed by atoms with Crippen LogP contribution >= 0.6 is 22.7 Å². The number of ether oxygens (including phenoxy) is 1. The summed E-state index contributed by atoms with van der Waals surface area (Å²) in [5, 5.41) is 11.3. The number of unbranched alkanes of at least 4 members (excludes halogenated alkanes) is 1. The molecular weight excluding hydrogens is 502 g/mol. The average molecular weight is 526 g/mol. The van der Waals surface area contributed by atoms with Crippen LogP contribution in [0.1, 0.15) is 25.3 Å². The third kappa shape index (κ3) is 4.71. The zero-order chi connectivity index (χ0) is 25.2. The zero-order valence-electron chi connectivity index (χ0n) is 20.1. The molecule has 0 aliphatic carbocycles. The van der Waals surface area contributed by atoms with Crippen molar-refractivity contribution in [3.8, 4) is 33.4 Å². The van der Waals surface area contributed by atoms with Crippen molar-refractivity contribution in [3.05, 3.63) is 98.8 Å². The SMILES string of the molecule is CCCCOc1ccc(-c2nc3s/c(=C\c4cn(-c5ccccc5)nc4-c4cccs4)c(=O)n3n2)cc1. The molecule has 37 heavy (non-hydrogen) atoms. The first-order valence-corrected chi connectivity index (χ1v) is 13.7. The van der Waals surface area contributed by atoms with Crippen LogP contribution in [-0.2, 0) is 0 Å². The first-order chi connectivity index (χ1) is 18.2. The molecule has 0 atom stereocenters. The van der Waals surface area contributed by atoms with Crippen molar-refractivity contribution in [1.82, 2.24) is 24.4 Å². The van der Waals surface area contributed by atoms with E-state index in [1.54, 1.807) is 11.3 Å². The van der Waals surface area contributed by atoms with Gasteiger partial charge in [0.2, 0.25) is 4.96 Å². The summed E-state index contributed by atoms with van der Waals surface area (Å²) in [7, 11) is 0. The van der Waals surface area contributed by atoms with Crippen LogP contribution < -0.4 is 14.8 Å². The Labute approximate surface area is 220 Å². The Hall–Kier alpha value is -4.08. The zero-order valence-corrected chi connectivity index (χ0v) is 21.7. The van der Waals surface area contributed by atoms with Gasteiger partial charge in [0.1, 0.15) is 11.4 Å². The van der Waals surface area contributed by atoms with E-state index < -0.39 is 0 Å². The molecule has 2 aromatic carbocycles. The van der Waals surface area contributed by atoms with E-state index >= 15 is 0 Å². The van der Waals surface area contributed by atoms with Gasteiger partial charge in [0.05, 0.1) is 21.7 Å². The van der Waals surface area contributed by atoms with Gasteiger partial charge in [0.15, 0.2) is 5.82 Å². The van der Waals surface area contributed by atoms with E-state index in [2.05, 4.69) is 17.0 Å². The second-order valence-corrected chi connectivity index (χ2v) is 10.4. The summed E-state index contributed by atoms with van der Waals surface area (Å²) >= 11 is 2.94. The molecule has 7 nitrogen and oxygen atoms in total. The molecule has 0 bridgehead atoms. The van der Waals surface area contributed by atoms with Gasteiger partial charge in [-0.3, -0.25) is 4.79 Å². The highest BCUT2D eigenvalue weighted by atomic mass is 32.1. The molecule has 0 aliphatic rings. The van der Waals surface area contributed by atoms with E-state index in [0.29, 0.717) is 21.9 Å². The molecule has 9 heteroatoms. The van der Waals surface area contributed by atoms with E-state index in [-0.39, 0.29) is 5.56 Å². The predicted octanol–water partition coefficient (Wildman–Crippen LogP) is 5.46. The van der Waals surface area contributed by atoms with Gasteiger partial charge in [-0.05, 0) is 60.3 Å². The second kappa shape index (κ2) is 10.1. The molecule has 0 saturated heterocycles. The Morgan fingerprint density at radius 2 is 1.84 bits per heavy atom. The normalized spacial score (nSPS) is 12.0. The lowest BCUT2D eigenvalue weighted by Crippen LogP contribution is -2.23. The maximum atomic E-state index is 13.2. The number of hydrogen-bond donors (Lipinski definition) is 0. The third-order valence-electron chi connectivity index (χ3n) is 5.87. The lowest BCUT2D eigenvalue weighted by atomic mass is 10.2. The Balaban J connectivity index is 1.35. The fraction of sp³-hybridized carbons (Fsp3) is 0.143. The molecule has 0 unspecified atom stereocenters. The van der Waals surface area contributed by atoms with Crippen LogP contribution in [0.3, 0.4) is 0 Å². The Kier molecular flexibility index (Phi) is 6.38. The molecule has 184 valence electrons. The molecule has 0 aliphatic heterocycles. The topological polar surface area (TPSA) is 74.3 Å². The van der Waals surface area contributed by atoms with Crippen molar-refractivity contribution < 1.29 is 4.74 Å². The smallest absolute Gasteiger partial charge is 0.291 e. The minimum Gasteiger partial charge on any atom is -0.494 e. The average Bonchev–Trinajstić information content (AvgIpc) is 3.72. The van der Waals surface area contributed by atoms with E-state index in [1.807, 2.05) is 89.1 Å². The predicted molar refractivity (Wildman–Crippen MR) is 149 cm³/mol. The van der Waals surface area contributed by atoms with Gasteiger partial charge >= 0.3 is 0 Å². The summed E-state index contributed by atoms with van der Waals surface area (Å²) in [5.41, 5.74) is 3.30. The molecule has 0 amide bonds. The molecule has 6 rings (SSSR count). The van der Waals surface area contributed by atoms with E-state index in [4.69, 9.17) is 9.84 Å². The first kappa shape index (κ1) is 23.3. The molecule has 0 saturated carbocycles. The molecule has 4 heterocycles. The summed E-state index contributed by atoms with van der Waals surface area (Å²) in [4.78, 5) is 19.5. The van der Waals surface area contributed by atoms with Crippen molar-refractivity contribution in [2.75, 3.05) is 6.61 Å². The monoisotopic (exact) mass is 525 g/mol. The molecule has 0 spiro atoms. The maximum absolute atomic E-state index is 13.2. The number of rotatable bonds is 8. The summed E-state index contributed by atoms with van der Waals surface area (Å²) < 4.78 is 9.52. The number of thiazole rings is 1. The van der Waals surface area contributed by atoms with Gasteiger partial charge < -0.3 is 4.74 Å². The quantitative estimate of drug-likeness (QED) is 0.247. The number of nitrogens with zero attached hydrogens (tertiary/aromatic N) is 5. The van der Waals surface area contributed by atoms with Crippen molar-refractivity contribution in [1.29, 1.82) is 0 Å². The summed E-state index contributed by atoms with van der Waals surface area (Å²) in [5.74, 6) is 1.34. The van der Waals surface area contributed by atoms with Crippen LogP contribution in [0.25, 0.3) is 38.7 Å². The molecule has 6 aromatic rings.